The van der Waals surface area contributed by atoms with Gasteiger partial charge in [-0.2, -0.15) is 0 Å². The molecule has 0 spiro atoms. The lowest BCUT2D eigenvalue weighted by Gasteiger charge is -2.38. The third kappa shape index (κ3) is 4.04. The smallest absolute Gasteiger partial charge is 0.224 e. The second-order valence-corrected chi connectivity index (χ2v) is 7.70. The highest BCUT2D eigenvalue weighted by Crippen LogP contribution is 2.32. The monoisotopic (exact) mass is 365 g/mol. The molecule has 5 nitrogen and oxygen atoms in total. The van der Waals surface area contributed by atoms with Gasteiger partial charge in [-0.25, -0.2) is 0 Å². The van der Waals surface area contributed by atoms with E-state index >= 15 is 0 Å². The lowest BCUT2D eigenvalue weighted by Crippen LogP contribution is -2.44. The quantitative estimate of drug-likeness (QED) is 0.904. The molecule has 1 aromatic heterocycles. The summed E-state index contributed by atoms with van der Waals surface area (Å²) in [6.45, 7) is 3.93. The number of fused-ring (bicyclic) bond motifs is 1. The molecule has 5 heteroatoms. The summed E-state index contributed by atoms with van der Waals surface area (Å²) >= 11 is 0. The minimum atomic E-state index is -0.786. The summed E-state index contributed by atoms with van der Waals surface area (Å²) in [4.78, 5) is 21.0. The first-order valence-corrected chi connectivity index (χ1v) is 9.84. The number of carbonyl (C=O) groups is 1. The largest absolute Gasteiger partial charge is 0.385 e. The lowest BCUT2D eigenvalue weighted by molar-refractivity contribution is -0.132. The maximum Gasteiger partial charge on any atom is 0.224 e. The Kier molecular flexibility index (Phi) is 5.23. The first kappa shape index (κ1) is 18.1. The normalized spacial score (nSPS) is 19.5. The van der Waals surface area contributed by atoms with Gasteiger partial charge in [0.05, 0.1) is 5.60 Å². The molecule has 1 aromatic carbocycles. The van der Waals surface area contributed by atoms with Crippen LogP contribution in [0.5, 0.6) is 0 Å². The van der Waals surface area contributed by atoms with Gasteiger partial charge >= 0.3 is 0 Å². The number of likely N-dealkylation sites (tertiary alicyclic amines) is 1. The second kappa shape index (κ2) is 7.79. The number of hydrogen-bond donors (Lipinski definition) is 1. The zero-order valence-corrected chi connectivity index (χ0v) is 15.7. The van der Waals surface area contributed by atoms with Gasteiger partial charge in [0.1, 0.15) is 0 Å². The number of aliphatic hydroxyl groups is 1. The topological polar surface area (TPSA) is 56.7 Å². The van der Waals surface area contributed by atoms with Gasteiger partial charge in [-0.3, -0.25) is 9.78 Å². The fourth-order valence-corrected chi connectivity index (χ4v) is 4.19. The Morgan fingerprint density at radius 3 is 2.59 bits per heavy atom. The number of piperidine rings is 1. The van der Waals surface area contributed by atoms with Crippen molar-refractivity contribution in [2.45, 2.75) is 37.8 Å². The van der Waals surface area contributed by atoms with Crippen LogP contribution in [0.15, 0.2) is 48.8 Å². The van der Waals surface area contributed by atoms with Crippen LogP contribution in [0.3, 0.4) is 0 Å². The molecule has 0 radical (unpaired) electrons. The second-order valence-electron chi connectivity index (χ2n) is 7.70. The molecule has 0 unspecified atom stereocenters. The average molecular weight is 365 g/mol. The summed E-state index contributed by atoms with van der Waals surface area (Å²) < 4.78 is 0. The Balaban J connectivity index is 1.26. The molecule has 1 saturated heterocycles. The number of carbonyl (C=O) groups excluding carboxylic acids is 1. The van der Waals surface area contributed by atoms with Gasteiger partial charge in [-0.05, 0) is 36.5 Å². The number of nitrogens with zero attached hydrogens (tertiary/aromatic N) is 3. The molecule has 0 aliphatic carbocycles. The van der Waals surface area contributed by atoms with Crippen molar-refractivity contribution in [2.24, 2.45) is 0 Å². The Morgan fingerprint density at radius 1 is 1.07 bits per heavy atom. The van der Waals surface area contributed by atoms with Gasteiger partial charge in [0.25, 0.3) is 0 Å². The number of amides is 1. The fraction of sp³-hybridized carbons (Fsp3) is 0.455. The molecule has 0 bridgehead atoms. The molecule has 4 rings (SSSR count). The van der Waals surface area contributed by atoms with Crippen molar-refractivity contribution in [3.63, 3.8) is 0 Å². The van der Waals surface area contributed by atoms with E-state index in [4.69, 9.17) is 0 Å². The molecule has 3 heterocycles. The van der Waals surface area contributed by atoms with Crippen LogP contribution in [0.4, 0.5) is 0 Å². The van der Waals surface area contributed by atoms with Gasteiger partial charge in [0.15, 0.2) is 0 Å². The zero-order valence-electron chi connectivity index (χ0n) is 15.7. The van der Waals surface area contributed by atoms with E-state index in [-0.39, 0.29) is 5.91 Å². The molecule has 0 saturated carbocycles. The Labute approximate surface area is 160 Å². The summed E-state index contributed by atoms with van der Waals surface area (Å²) in [5.74, 6) is 0.234. The van der Waals surface area contributed by atoms with E-state index in [2.05, 4.69) is 28.1 Å². The highest BCUT2D eigenvalue weighted by Gasteiger charge is 2.34. The first-order valence-electron chi connectivity index (χ1n) is 9.84. The Bertz CT molecular complexity index is 785. The number of aromatic nitrogens is 1. The van der Waals surface area contributed by atoms with E-state index < -0.39 is 5.60 Å². The zero-order chi connectivity index (χ0) is 18.7. The van der Waals surface area contributed by atoms with Crippen molar-refractivity contribution in [2.75, 3.05) is 26.2 Å². The maximum absolute atomic E-state index is 12.6. The van der Waals surface area contributed by atoms with Crippen LogP contribution in [0.25, 0.3) is 0 Å². The van der Waals surface area contributed by atoms with Crippen molar-refractivity contribution in [3.8, 4) is 0 Å². The first-order chi connectivity index (χ1) is 13.1. The number of benzene rings is 1. The average Bonchev–Trinajstić information content (AvgIpc) is 2.73. The molecule has 0 atom stereocenters. The Morgan fingerprint density at radius 2 is 1.85 bits per heavy atom. The van der Waals surface area contributed by atoms with Crippen LogP contribution in [-0.2, 0) is 23.4 Å². The summed E-state index contributed by atoms with van der Waals surface area (Å²) in [7, 11) is 0. The van der Waals surface area contributed by atoms with Crippen molar-refractivity contribution < 1.29 is 9.90 Å². The summed E-state index contributed by atoms with van der Waals surface area (Å²) in [5.41, 5.74) is 2.75. The summed E-state index contributed by atoms with van der Waals surface area (Å²) in [5, 5.41) is 10.9. The predicted octanol–water partition coefficient (Wildman–Crippen LogP) is 2.34. The van der Waals surface area contributed by atoms with Gasteiger partial charge in [0, 0.05) is 57.1 Å². The maximum atomic E-state index is 12.6. The van der Waals surface area contributed by atoms with Crippen molar-refractivity contribution in [3.05, 3.63) is 65.5 Å². The summed E-state index contributed by atoms with van der Waals surface area (Å²) in [6, 6.07) is 12.2. The van der Waals surface area contributed by atoms with E-state index in [1.165, 1.54) is 11.1 Å². The van der Waals surface area contributed by atoms with E-state index in [1.807, 2.05) is 23.1 Å². The van der Waals surface area contributed by atoms with E-state index in [9.17, 15) is 9.90 Å². The fourth-order valence-electron chi connectivity index (χ4n) is 4.19. The molecule has 2 aromatic rings. The van der Waals surface area contributed by atoms with Crippen LogP contribution in [-0.4, -0.2) is 52.0 Å². The molecule has 2 aliphatic rings. The standard InChI is InChI=1S/C22H27N3O2/c26-21(25-13-7-18-4-1-2-5-19(18)17-25)8-12-24-14-9-22(27,10-15-24)20-6-3-11-23-16-20/h1-6,11,16,27H,7-10,12-15,17H2. The molecule has 1 amide bonds. The third-order valence-corrected chi connectivity index (χ3v) is 6.01. The SMILES string of the molecule is O=C(CCN1CCC(O)(c2cccnc2)CC1)N1CCc2ccccc2C1. The van der Waals surface area contributed by atoms with Crippen LogP contribution < -0.4 is 0 Å². The van der Waals surface area contributed by atoms with Crippen LogP contribution in [0.1, 0.15) is 36.0 Å². The van der Waals surface area contributed by atoms with Crippen molar-refractivity contribution in [1.29, 1.82) is 0 Å². The van der Waals surface area contributed by atoms with Gasteiger partial charge in [0.2, 0.25) is 5.91 Å². The molecule has 2 aliphatic heterocycles. The van der Waals surface area contributed by atoms with Crippen molar-refractivity contribution >= 4 is 5.91 Å². The molecule has 27 heavy (non-hydrogen) atoms. The molecular weight excluding hydrogens is 338 g/mol. The van der Waals surface area contributed by atoms with E-state index in [1.54, 1.807) is 12.4 Å². The molecule has 142 valence electrons. The van der Waals surface area contributed by atoms with Crippen LogP contribution in [0, 0.1) is 0 Å². The van der Waals surface area contributed by atoms with Gasteiger partial charge < -0.3 is 14.9 Å². The van der Waals surface area contributed by atoms with Gasteiger partial charge in [-0.15, -0.1) is 0 Å². The molecular formula is C22H27N3O2. The van der Waals surface area contributed by atoms with Crippen molar-refractivity contribution in [1.82, 2.24) is 14.8 Å². The van der Waals surface area contributed by atoms with E-state index in [0.29, 0.717) is 19.3 Å². The molecule has 1 N–H and O–H groups in total. The van der Waals surface area contributed by atoms with Crippen LogP contribution in [0.2, 0.25) is 0 Å². The van der Waals surface area contributed by atoms with Gasteiger partial charge in [-0.1, -0.05) is 30.3 Å². The highest BCUT2D eigenvalue weighted by atomic mass is 16.3. The number of pyridine rings is 1. The van der Waals surface area contributed by atoms with E-state index in [0.717, 1.165) is 44.7 Å². The number of rotatable bonds is 4. The summed E-state index contributed by atoms with van der Waals surface area (Å²) in [6.07, 6.45) is 6.35. The van der Waals surface area contributed by atoms with Crippen LogP contribution >= 0.6 is 0 Å². The lowest BCUT2D eigenvalue weighted by atomic mass is 9.85. The molecule has 1 fully saturated rings. The third-order valence-electron chi connectivity index (χ3n) is 6.01. The minimum absolute atomic E-state index is 0.234. The highest BCUT2D eigenvalue weighted by molar-refractivity contribution is 5.76. The minimum Gasteiger partial charge on any atom is -0.385 e. The number of hydrogen-bond acceptors (Lipinski definition) is 4. The Hall–Kier alpha value is -2.24. The predicted molar refractivity (Wildman–Crippen MR) is 104 cm³/mol.